The van der Waals surface area contributed by atoms with Gasteiger partial charge in [-0.3, -0.25) is 0 Å². The Labute approximate surface area is 192 Å². The van der Waals surface area contributed by atoms with E-state index in [9.17, 15) is 9.90 Å². The van der Waals surface area contributed by atoms with Crippen LogP contribution in [0.25, 0.3) is 11.1 Å². The molecule has 0 bridgehead atoms. The van der Waals surface area contributed by atoms with E-state index in [2.05, 4.69) is 4.98 Å². The van der Waals surface area contributed by atoms with Gasteiger partial charge in [0.2, 0.25) is 11.5 Å². The molecule has 4 rings (SSSR count). The van der Waals surface area contributed by atoms with Gasteiger partial charge < -0.3 is 24.1 Å². The Kier molecular flexibility index (Phi) is 7.02. The molecule has 8 heteroatoms. The molecule has 1 aliphatic carbocycles. The summed E-state index contributed by atoms with van der Waals surface area (Å²) in [6.45, 7) is 2.74. The summed E-state index contributed by atoms with van der Waals surface area (Å²) in [4.78, 5) is 16.4. The van der Waals surface area contributed by atoms with Crippen LogP contribution < -0.4 is 14.2 Å². The van der Waals surface area contributed by atoms with Crippen LogP contribution in [-0.4, -0.2) is 48.6 Å². The van der Waals surface area contributed by atoms with Gasteiger partial charge in [-0.1, -0.05) is 12.8 Å². The molecule has 1 aromatic carbocycles. The highest BCUT2D eigenvalue weighted by molar-refractivity contribution is 5.78. The fourth-order valence-electron chi connectivity index (χ4n) is 4.15. The highest BCUT2D eigenvalue weighted by atomic mass is 19.1. The van der Waals surface area contributed by atoms with Crippen molar-refractivity contribution in [1.82, 2.24) is 4.98 Å². The van der Waals surface area contributed by atoms with Crippen molar-refractivity contribution in [2.45, 2.75) is 51.0 Å². The lowest BCUT2D eigenvalue weighted by Crippen LogP contribution is -2.49. The summed E-state index contributed by atoms with van der Waals surface area (Å²) >= 11 is 0. The summed E-state index contributed by atoms with van der Waals surface area (Å²) in [6, 6.07) is 4.91. The molecule has 0 amide bonds. The van der Waals surface area contributed by atoms with Crippen LogP contribution in [0.4, 0.5) is 4.39 Å². The monoisotopic (exact) mass is 459 g/mol. The van der Waals surface area contributed by atoms with Gasteiger partial charge in [-0.25, -0.2) is 14.2 Å². The Hall–Kier alpha value is -2.87. The molecule has 1 N–H and O–H groups in total. The number of benzene rings is 1. The molecular formula is C25H30FNO6. The zero-order valence-corrected chi connectivity index (χ0v) is 19.1. The second kappa shape index (κ2) is 9.95. The van der Waals surface area contributed by atoms with Crippen LogP contribution in [0.5, 0.6) is 17.4 Å². The van der Waals surface area contributed by atoms with E-state index >= 15 is 4.39 Å². The molecular weight excluding hydrogens is 429 g/mol. The maximum atomic E-state index is 15.4. The molecule has 7 nitrogen and oxygen atoms in total. The molecule has 0 unspecified atom stereocenters. The van der Waals surface area contributed by atoms with E-state index in [0.717, 1.165) is 12.0 Å². The van der Waals surface area contributed by atoms with E-state index in [-0.39, 0.29) is 24.5 Å². The smallest absolute Gasteiger partial charge is 0.348 e. The lowest BCUT2D eigenvalue weighted by atomic mass is 9.94. The second-order valence-electron chi connectivity index (χ2n) is 8.60. The maximum Gasteiger partial charge on any atom is 0.348 e. The SMILES string of the molecule is CCOc1cc(OC)cc(-c2cnc(OC3(C(=O)O)CCOCC3)cc2CCC2CC2)c1F. The first-order valence-corrected chi connectivity index (χ1v) is 11.5. The zero-order valence-electron chi connectivity index (χ0n) is 19.1. The average molecular weight is 460 g/mol. The van der Waals surface area contributed by atoms with Crippen molar-refractivity contribution < 1.29 is 33.2 Å². The standard InChI is InChI=1S/C25H30FNO6/c1-3-32-21-14-18(30-2)13-19(23(21)26)20-15-27-22(12-17(20)7-6-16-4-5-16)33-25(24(28)29)8-10-31-11-9-25/h12-16H,3-11H2,1-2H3,(H,28,29). The number of carboxylic acids is 1. The van der Waals surface area contributed by atoms with Crippen molar-refractivity contribution in [3.63, 3.8) is 0 Å². The number of methoxy groups -OCH3 is 1. The number of carbonyl (C=O) groups is 1. The van der Waals surface area contributed by atoms with Gasteiger partial charge in [0.15, 0.2) is 11.6 Å². The van der Waals surface area contributed by atoms with Gasteiger partial charge in [0.25, 0.3) is 0 Å². The van der Waals surface area contributed by atoms with Crippen LogP contribution >= 0.6 is 0 Å². The summed E-state index contributed by atoms with van der Waals surface area (Å²) in [5.41, 5.74) is 0.441. The third-order valence-electron chi connectivity index (χ3n) is 6.31. The van der Waals surface area contributed by atoms with E-state index in [1.165, 1.54) is 26.0 Å². The van der Waals surface area contributed by atoms with Crippen molar-refractivity contribution in [2.75, 3.05) is 26.9 Å². The van der Waals surface area contributed by atoms with E-state index in [0.29, 0.717) is 49.0 Å². The number of hydrogen-bond acceptors (Lipinski definition) is 6. The summed E-state index contributed by atoms with van der Waals surface area (Å²) in [6.07, 6.45) is 6.12. The van der Waals surface area contributed by atoms with Gasteiger partial charge >= 0.3 is 5.97 Å². The third kappa shape index (κ3) is 5.21. The third-order valence-corrected chi connectivity index (χ3v) is 6.31. The Morgan fingerprint density at radius 3 is 2.64 bits per heavy atom. The molecule has 33 heavy (non-hydrogen) atoms. The van der Waals surface area contributed by atoms with Crippen LogP contribution in [0.3, 0.4) is 0 Å². The minimum atomic E-state index is -1.37. The van der Waals surface area contributed by atoms with Gasteiger partial charge in [-0.2, -0.15) is 0 Å². The molecule has 2 aromatic rings. The highest BCUT2D eigenvalue weighted by Gasteiger charge is 2.43. The number of nitrogens with zero attached hydrogens (tertiary/aromatic N) is 1. The fourth-order valence-corrected chi connectivity index (χ4v) is 4.15. The Bertz CT molecular complexity index is 1000. The van der Waals surface area contributed by atoms with Gasteiger partial charge in [0, 0.05) is 42.3 Å². The predicted molar refractivity (Wildman–Crippen MR) is 119 cm³/mol. The number of rotatable bonds is 10. The van der Waals surface area contributed by atoms with E-state index in [4.69, 9.17) is 18.9 Å². The number of aryl methyl sites for hydroxylation is 1. The fraction of sp³-hybridized carbons (Fsp3) is 0.520. The van der Waals surface area contributed by atoms with Gasteiger partial charge in [0.1, 0.15) is 5.75 Å². The lowest BCUT2D eigenvalue weighted by Gasteiger charge is -2.33. The normalized spacial score (nSPS) is 17.4. The molecule has 1 aliphatic heterocycles. The van der Waals surface area contributed by atoms with Gasteiger partial charge in [-0.05, 0) is 37.3 Å². The van der Waals surface area contributed by atoms with Crippen LogP contribution in [0.1, 0.15) is 44.6 Å². The van der Waals surface area contributed by atoms with E-state index < -0.39 is 17.4 Å². The van der Waals surface area contributed by atoms with Crippen LogP contribution in [0.2, 0.25) is 0 Å². The van der Waals surface area contributed by atoms with E-state index in [1.54, 1.807) is 25.3 Å². The Balaban J connectivity index is 1.73. The van der Waals surface area contributed by atoms with Gasteiger partial charge in [0.05, 0.1) is 26.9 Å². The molecule has 1 saturated carbocycles. The second-order valence-corrected chi connectivity index (χ2v) is 8.60. The lowest BCUT2D eigenvalue weighted by molar-refractivity contribution is -0.164. The van der Waals surface area contributed by atoms with Crippen LogP contribution in [-0.2, 0) is 16.0 Å². The molecule has 2 heterocycles. The minimum Gasteiger partial charge on any atom is -0.497 e. The summed E-state index contributed by atoms with van der Waals surface area (Å²) in [5.74, 6) is -0.0149. The van der Waals surface area contributed by atoms with Crippen LogP contribution in [0, 0.1) is 11.7 Å². The minimum absolute atomic E-state index is 0.118. The van der Waals surface area contributed by atoms with E-state index in [1.807, 2.05) is 0 Å². The number of ether oxygens (including phenoxy) is 4. The van der Waals surface area contributed by atoms with Crippen molar-refractivity contribution in [3.8, 4) is 28.5 Å². The van der Waals surface area contributed by atoms with Gasteiger partial charge in [-0.15, -0.1) is 0 Å². The molecule has 1 saturated heterocycles. The number of aliphatic carboxylic acids is 1. The predicted octanol–water partition coefficient (Wildman–Crippen LogP) is 4.65. The molecule has 178 valence electrons. The Morgan fingerprint density at radius 1 is 1.24 bits per heavy atom. The van der Waals surface area contributed by atoms with Crippen molar-refractivity contribution in [2.24, 2.45) is 5.92 Å². The first kappa shape index (κ1) is 23.3. The molecule has 2 aliphatic rings. The van der Waals surface area contributed by atoms with Crippen LogP contribution in [0.15, 0.2) is 24.4 Å². The molecule has 0 spiro atoms. The molecule has 2 fully saturated rings. The van der Waals surface area contributed by atoms with Crippen molar-refractivity contribution in [1.29, 1.82) is 0 Å². The molecule has 0 radical (unpaired) electrons. The number of pyridine rings is 1. The number of aromatic nitrogens is 1. The molecule has 0 atom stereocenters. The quantitative estimate of drug-likeness (QED) is 0.553. The average Bonchev–Trinajstić information content (AvgIpc) is 3.65. The largest absolute Gasteiger partial charge is 0.497 e. The first-order valence-electron chi connectivity index (χ1n) is 11.5. The molecule has 1 aromatic heterocycles. The first-order chi connectivity index (χ1) is 16.0. The summed E-state index contributed by atoms with van der Waals surface area (Å²) in [7, 11) is 1.52. The topological polar surface area (TPSA) is 87.1 Å². The highest BCUT2D eigenvalue weighted by Crippen LogP contribution is 2.39. The number of hydrogen-bond donors (Lipinski definition) is 1. The maximum absolute atomic E-state index is 15.4. The van der Waals surface area contributed by atoms with Crippen molar-refractivity contribution in [3.05, 3.63) is 35.8 Å². The van der Waals surface area contributed by atoms with Crippen molar-refractivity contribution >= 4 is 5.97 Å². The number of carboxylic acid groups (broad SMARTS) is 1. The zero-order chi connectivity index (χ0) is 23.4. The Morgan fingerprint density at radius 2 is 2.00 bits per heavy atom. The number of halogens is 1. The summed E-state index contributed by atoms with van der Waals surface area (Å²) < 4.78 is 37.5. The summed E-state index contributed by atoms with van der Waals surface area (Å²) in [5, 5.41) is 9.83.